The van der Waals surface area contributed by atoms with E-state index in [1.807, 2.05) is 10.6 Å². The third kappa shape index (κ3) is 3.57. The summed E-state index contributed by atoms with van der Waals surface area (Å²) < 4.78 is 49.1. The van der Waals surface area contributed by atoms with Crippen LogP contribution in [0, 0.1) is 5.82 Å². The fourth-order valence-electron chi connectivity index (χ4n) is 4.68. The van der Waals surface area contributed by atoms with E-state index >= 15 is 0 Å². The second-order valence-electron chi connectivity index (χ2n) is 9.29. The molecule has 33 heavy (non-hydrogen) atoms. The largest absolute Gasteiger partial charge is 0.460 e. The molecule has 174 valence electrons. The summed E-state index contributed by atoms with van der Waals surface area (Å²) in [4.78, 5) is -0.0169. The van der Waals surface area contributed by atoms with Gasteiger partial charge in [0.2, 0.25) is 10.0 Å². The Labute approximate surface area is 190 Å². The number of benzene rings is 1. The van der Waals surface area contributed by atoms with Crippen molar-refractivity contribution in [1.82, 2.24) is 29.7 Å². The molecular formula is C21H24FN7O3S. The summed E-state index contributed by atoms with van der Waals surface area (Å²) in [6.45, 7) is 2.13. The summed E-state index contributed by atoms with van der Waals surface area (Å²) in [5.74, 6) is 0.127. The molecule has 1 aliphatic heterocycles. The third-order valence-electron chi connectivity index (χ3n) is 6.96. The van der Waals surface area contributed by atoms with Crippen LogP contribution in [0.25, 0.3) is 0 Å². The van der Waals surface area contributed by atoms with Crippen LogP contribution in [0.2, 0.25) is 0 Å². The molecular weight excluding hydrogens is 449 g/mol. The second kappa shape index (κ2) is 7.26. The molecule has 2 saturated carbocycles. The summed E-state index contributed by atoms with van der Waals surface area (Å²) in [7, 11) is -3.62. The number of nitrogens with zero attached hydrogens (tertiary/aromatic N) is 4. The number of hydrogen-bond donors (Lipinski definition) is 3. The van der Waals surface area contributed by atoms with E-state index in [-0.39, 0.29) is 40.3 Å². The van der Waals surface area contributed by atoms with Crippen molar-refractivity contribution in [2.75, 3.05) is 5.32 Å². The molecule has 6 rings (SSSR count). The maximum atomic E-state index is 14.8. The molecule has 2 aliphatic carbocycles. The monoisotopic (exact) mass is 473 g/mol. The van der Waals surface area contributed by atoms with Gasteiger partial charge in [0.1, 0.15) is 12.4 Å². The molecule has 2 aromatic heterocycles. The number of halogens is 1. The maximum absolute atomic E-state index is 14.8. The predicted molar refractivity (Wildman–Crippen MR) is 116 cm³/mol. The fraction of sp³-hybridized carbons (Fsp3) is 0.476. The van der Waals surface area contributed by atoms with E-state index in [4.69, 9.17) is 4.74 Å². The van der Waals surface area contributed by atoms with Gasteiger partial charge in [0, 0.05) is 35.3 Å². The zero-order valence-electron chi connectivity index (χ0n) is 18.0. The highest BCUT2D eigenvalue weighted by atomic mass is 32.2. The molecule has 3 aromatic rings. The van der Waals surface area contributed by atoms with Crippen LogP contribution in [-0.4, -0.2) is 39.5 Å². The molecule has 3 aliphatic rings. The molecule has 0 saturated heterocycles. The molecule has 12 heteroatoms. The van der Waals surface area contributed by atoms with E-state index in [0.29, 0.717) is 11.8 Å². The van der Waals surface area contributed by atoms with Crippen LogP contribution in [-0.2, 0) is 22.1 Å². The molecule has 0 amide bonds. The van der Waals surface area contributed by atoms with Crippen molar-refractivity contribution in [1.29, 1.82) is 0 Å². The first-order chi connectivity index (χ1) is 15.8. The minimum atomic E-state index is -3.62. The van der Waals surface area contributed by atoms with Gasteiger partial charge in [0.25, 0.3) is 0 Å². The zero-order chi connectivity index (χ0) is 22.8. The average Bonchev–Trinajstić information content (AvgIpc) is 3.28. The standard InChI is InChI=1S/C21H24FN7O3S/c1-21(6-7-21)29-11-23-28-20(29)32-13-3-2-12(8-13)16-9-18(27-26-16)25-15-4-5-17-14(19(15)22)10-24-33(17,30)31/h4-5,9,11-13,24H,2-3,6-8,10H2,1H3,(H2,25,26,27)/t12-,13+/m0/s1. The van der Waals surface area contributed by atoms with Crippen molar-refractivity contribution in [3.8, 4) is 6.01 Å². The van der Waals surface area contributed by atoms with Crippen LogP contribution in [0.4, 0.5) is 15.9 Å². The van der Waals surface area contributed by atoms with Crippen molar-refractivity contribution < 1.29 is 17.5 Å². The van der Waals surface area contributed by atoms with E-state index in [2.05, 4.69) is 37.4 Å². The van der Waals surface area contributed by atoms with E-state index in [0.717, 1.165) is 37.8 Å². The molecule has 0 radical (unpaired) electrons. The van der Waals surface area contributed by atoms with Gasteiger partial charge < -0.3 is 10.1 Å². The second-order valence-corrected chi connectivity index (χ2v) is 11.0. The van der Waals surface area contributed by atoms with E-state index < -0.39 is 15.8 Å². The number of anilines is 2. The van der Waals surface area contributed by atoms with Crippen LogP contribution in [0.15, 0.2) is 29.4 Å². The van der Waals surface area contributed by atoms with Crippen molar-refractivity contribution in [2.45, 2.75) is 68.0 Å². The molecule has 2 atom stereocenters. The highest BCUT2D eigenvalue weighted by Crippen LogP contribution is 2.45. The van der Waals surface area contributed by atoms with Crippen LogP contribution < -0.4 is 14.8 Å². The number of rotatable bonds is 6. The molecule has 3 heterocycles. The Morgan fingerprint density at radius 1 is 1.30 bits per heavy atom. The lowest BCUT2D eigenvalue weighted by atomic mass is 10.0. The molecule has 0 bridgehead atoms. The molecule has 1 aromatic carbocycles. The van der Waals surface area contributed by atoms with Gasteiger partial charge in [-0.3, -0.25) is 9.67 Å². The smallest absolute Gasteiger partial charge is 0.317 e. The number of nitrogens with one attached hydrogen (secondary N) is 3. The van der Waals surface area contributed by atoms with Crippen LogP contribution in [0.1, 0.15) is 56.2 Å². The highest BCUT2D eigenvalue weighted by Gasteiger charge is 2.42. The van der Waals surface area contributed by atoms with Gasteiger partial charge in [-0.15, -0.1) is 5.10 Å². The minimum absolute atomic E-state index is 0.0169. The summed E-state index contributed by atoms with van der Waals surface area (Å²) >= 11 is 0. The minimum Gasteiger partial charge on any atom is -0.460 e. The van der Waals surface area contributed by atoms with Gasteiger partial charge >= 0.3 is 6.01 Å². The summed E-state index contributed by atoms with van der Waals surface area (Å²) in [5.41, 5.74) is 1.35. The van der Waals surface area contributed by atoms with Gasteiger partial charge in [-0.25, -0.2) is 17.5 Å². The fourth-order valence-corrected chi connectivity index (χ4v) is 5.91. The molecule has 0 unspecified atom stereocenters. The Morgan fingerprint density at radius 3 is 2.97 bits per heavy atom. The highest BCUT2D eigenvalue weighted by molar-refractivity contribution is 7.89. The molecule has 0 spiro atoms. The predicted octanol–water partition coefficient (Wildman–Crippen LogP) is 2.90. The number of fused-ring (bicyclic) bond motifs is 1. The molecule has 3 N–H and O–H groups in total. The first kappa shape index (κ1) is 20.6. The van der Waals surface area contributed by atoms with Crippen molar-refractivity contribution in [3.63, 3.8) is 0 Å². The lowest BCUT2D eigenvalue weighted by Crippen LogP contribution is -2.19. The lowest BCUT2D eigenvalue weighted by Gasteiger charge is -2.17. The van der Waals surface area contributed by atoms with E-state index in [1.165, 1.54) is 12.1 Å². The van der Waals surface area contributed by atoms with Crippen LogP contribution in [0.5, 0.6) is 6.01 Å². The summed E-state index contributed by atoms with van der Waals surface area (Å²) in [6.07, 6.45) is 6.66. The summed E-state index contributed by atoms with van der Waals surface area (Å²) in [6, 6.07) is 5.27. The number of aromatic nitrogens is 5. The topological polar surface area (TPSA) is 127 Å². The van der Waals surface area contributed by atoms with Crippen molar-refractivity contribution in [3.05, 3.63) is 41.6 Å². The van der Waals surface area contributed by atoms with Crippen molar-refractivity contribution >= 4 is 21.5 Å². The lowest BCUT2D eigenvalue weighted by molar-refractivity contribution is 0.175. The maximum Gasteiger partial charge on any atom is 0.317 e. The van der Waals surface area contributed by atoms with Crippen molar-refractivity contribution in [2.24, 2.45) is 0 Å². The van der Waals surface area contributed by atoms with E-state index in [1.54, 1.807) is 6.33 Å². The Kier molecular flexibility index (Phi) is 4.53. The third-order valence-corrected chi connectivity index (χ3v) is 8.44. The zero-order valence-corrected chi connectivity index (χ0v) is 18.8. The number of ether oxygens (including phenoxy) is 1. The van der Waals surface area contributed by atoms with Crippen LogP contribution in [0.3, 0.4) is 0 Å². The first-order valence-electron chi connectivity index (χ1n) is 11.0. The van der Waals surface area contributed by atoms with Gasteiger partial charge in [-0.05, 0) is 51.2 Å². The van der Waals surface area contributed by atoms with Gasteiger partial charge in [-0.2, -0.15) is 5.10 Å². The molecule has 10 nitrogen and oxygen atoms in total. The normalized spacial score (nSPS) is 24.5. The Hall–Kier alpha value is -2.99. The Bertz CT molecular complexity index is 1330. The number of sulfonamides is 1. The Balaban J connectivity index is 1.13. The SMILES string of the molecule is CC1(n2cnnc2O[C@@H]2CC[C@H](c3cc(Nc4ccc5c(c4F)CNS5(=O)=O)n[nH]3)C2)CC1. The number of aromatic amines is 1. The summed E-state index contributed by atoms with van der Waals surface area (Å²) in [5, 5.41) is 18.5. The average molecular weight is 474 g/mol. The van der Waals surface area contributed by atoms with Gasteiger partial charge in [0.05, 0.1) is 10.6 Å². The number of hydrogen-bond acceptors (Lipinski definition) is 7. The van der Waals surface area contributed by atoms with Crippen LogP contribution >= 0.6 is 0 Å². The van der Waals surface area contributed by atoms with Gasteiger partial charge in [0.15, 0.2) is 11.6 Å². The quantitative estimate of drug-likeness (QED) is 0.502. The van der Waals surface area contributed by atoms with E-state index in [9.17, 15) is 12.8 Å². The molecule has 2 fully saturated rings. The first-order valence-corrected chi connectivity index (χ1v) is 12.5. The number of H-pyrrole nitrogens is 1. The Morgan fingerprint density at radius 2 is 2.15 bits per heavy atom. The van der Waals surface area contributed by atoms with Gasteiger partial charge in [-0.1, -0.05) is 5.10 Å².